The molecule has 3 N–H and O–H groups in total. The van der Waals surface area contributed by atoms with Gasteiger partial charge >= 0.3 is 12.3 Å². The SMILES string of the molecule is CCC1(S(=O)(=O)NC(=O)[C@@]23C[C@H]2/C=C\CCCC[C@@H](C)[C@H](NC(=O)OC(C)(C)C(F)(F)F)C(=O)N2C[C@H](Oc4nccc5cc(OC)c(F)cc45)C[C@H]2C(=O)N3)CC1. The zero-order valence-electron chi connectivity index (χ0n) is 32.9. The highest BCUT2D eigenvalue weighted by atomic mass is 32.2. The number of alkyl carbamates (subject to hydrolysis) is 1. The molecule has 14 nitrogen and oxygen atoms in total. The van der Waals surface area contributed by atoms with Gasteiger partial charge < -0.3 is 29.7 Å². The number of sulfonamides is 1. The van der Waals surface area contributed by atoms with E-state index in [0.29, 0.717) is 64.2 Å². The van der Waals surface area contributed by atoms with Crippen molar-refractivity contribution in [2.24, 2.45) is 11.8 Å². The van der Waals surface area contributed by atoms with Gasteiger partial charge in [0.25, 0.3) is 5.91 Å². The summed E-state index contributed by atoms with van der Waals surface area (Å²) in [6.07, 6.45) is 0.552. The summed E-state index contributed by atoms with van der Waals surface area (Å²) in [7, 11) is -2.80. The summed E-state index contributed by atoms with van der Waals surface area (Å²) in [5, 5.41) is 5.86. The monoisotopic (exact) mass is 839 g/mol. The molecular formula is C39H49F4N5O9S. The third-order valence-electron chi connectivity index (χ3n) is 11.9. The summed E-state index contributed by atoms with van der Waals surface area (Å²) in [5.74, 6) is -4.56. The van der Waals surface area contributed by atoms with E-state index in [1.54, 1.807) is 26.0 Å². The number of allylic oxidation sites excluding steroid dienone is 1. The van der Waals surface area contributed by atoms with Crippen LogP contribution in [-0.4, -0.2) is 96.0 Å². The number of nitrogens with zero attached hydrogens (tertiary/aromatic N) is 2. The van der Waals surface area contributed by atoms with Crippen LogP contribution in [0.4, 0.5) is 22.4 Å². The lowest BCUT2D eigenvalue weighted by atomic mass is 9.93. The van der Waals surface area contributed by atoms with Gasteiger partial charge in [-0.25, -0.2) is 22.6 Å². The Balaban J connectivity index is 1.34. The number of hydrogen-bond acceptors (Lipinski definition) is 10. The van der Waals surface area contributed by atoms with Crippen LogP contribution in [0.5, 0.6) is 11.6 Å². The highest BCUT2D eigenvalue weighted by Crippen LogP contribution is 2.49. The van der Waals surface area contributed by atoms with Crippen molar-refractivity contribution < 1.29 is 59.4 Å². The molecule has 1 saturated heterocycles. The molecule has 0 bridgehead atoms. The molecule has 3 fully saturated rings. The maximum absolute atomic E-state index is 14.9. The van der Waals surface area contributed by atoms with Crippen LogP contribution < -0.4 is 24.8 Å². The predicted octanol–water partition coefficient (Wildman–Crippen LogP) is 5.20. The number of nitrogens with one attached hydrogen (secondary N) is 3. The number of alkyl halides is 3. The van der Waals surface area contributed by atoms with Gasteiger partial charge in [-0.2, -0.15) is 13.2 Å². The molecule has 3 heterocycles. The van der Waals surface area contributed by atoms with Crippen molar-refractivity contribution in [2.45, 2.75) is 126 Å². The first-order valence-electron chi connectivity index (χ1n) is 19.4. The number of carbonyl (C=O) groups excluding carboxylic acids is 4. The van der Waals surface area contributed by atoms with Gasteiger partial charge in [-0.3, -0.25) is 19.1 Å². The number of rotatable bonds is 9. The fourth-order valence-electron chi connectivity index (χ4n) is 7.72. The number of halogens is 4. The summed E-state index contributed by atoms with van der Waals surface area (Å²) in [5.41, 5.74) is -4.58. The minimum Gasteiger partial charge on any atom is -0.494 e. The van der Waals surface area contributed by atoms with Gasteiger partial charge in [-0.15, -0.1) is 0 Å². The molecule has 1 aromatic carbocycles. The van der Waals surface area contributed by atoms with Gasteiger partial charge in [0.15, 0.2) is 11.6 Å². The number of amides is 4. The van der Waals surface area contributed by atoms with Crippen molar-refractivity contribution in [1.82, 2.24) is 25.2 Å². The van der Waals surface area contributed by atoms with E-state index in [0.717, 1.165) is 4.90 Å². The second-order valence-electron chi connectivity index (χ2n) is 16.3. The maximum atomic E-state index is 14.9. The van der Waals surface area contributed by atoms with E-state index in [4.69, 9.17) is 14.2 Å². The Kier molecular flexibility index (Phi) is 11.7. The number of fused-ring (bicyclic) bond motifs is 3. The van der Waals surface area contributed by atoms with E-state index in [2.05, 4.69) is 20.3 Å². The van der Waals surface area contributed by atoms with E-state index in [1.807, 2.05) is 6.08 Å². The third-order valence-corrected chi connectivity index (χ3v) is 14.2. The van der Waals surface area contributed by atoms with E-state index >= 15 is 0 Å². The second kappa shape index (κ2) is 15.8. The van der Waals surface area contributed by atoms with E-state index in [9.17, 15) is 45.2 Å². The molecule has 0 spiro atoms. The van der Waals surface area contributed by atoms with Crippen molar-refractivity contribution in [2.75, 3.05) is 13.7 Å². The summed E-state index contributed by atoms with van der Waals surface area (Å²) < 4.78 is 99.9. The van der Waals surface area contributed by atoms with E-state index in [-0.39, 0.29) is 36.4 Å². The first kappa shape index (κ1) is 42.9. The molecule has 2 aliphatic carbocycles. The lowest BCUT2D eigenvalue weighted by Crippen LogP contribution is -2.59. The molecule has 19 heteroatoms. The molecule has 6 rings (SSSR count). The number of methoxy groups -OCH3 is 1. The van der Waals surface area contributed by atoms with Gasteiger partial charge in [-0.05, 0) is 88.3 Å². The molecule has 2 aromatic rings. The van der Waals surface area contributed by atoms with E-state index in [1.165, 1.54) is 25.4 Å². The fraction of sp³-hybridized carbons (Fsp3) is 0.615. The van der Waals surface area contributed by atoms with Gasteiger partial charge in [0.05, 0.1) is 18.4 Å². The summed E-state index contributed by atoms with van der Waals surface area (Å²) in [4.78, 5) is 61.5. The third kappa shape index (κ3) is 8.41. The topological polar surface area (TPSA) is 182 Å². The Hall–Kier alpha value is -4.68. The highest BCUT2D eigenvalue weighted by Gasteiger charge is 2.63. The van der Waals surface area contributed by atoms with Crippen LogP contribution in [0.25, 0.3) is 10.8 Å². The average Bonchev–Trinajstić information content (AvgIpc) is 4.05. The number of benzene rings is 1. The Bertz CT molecular complexity index is 2090. The van der Waals surface area contributed by atoms with Gasteiger partial charge in [0, 0.05) is 23.9 Å². The maximum Gasteiger partial charge on any atom is 0.427 e. The molecular weight excluding hydrogens is 791 g/mol. The average molecular weight is 840 g/mol. The molecule has 2 saturated carbocycles. The van der Waals surface area contributed by atoms with Crippen molar-refractivity contribution in [3.63, 3.8) is 0 Å². The smallest absolute Gasteiger partial charge is 0.427 e. The van der Waals surface area contributed by atoms with Gasteiger partial charge in [0.1, 0.15) is 23.7 Å². The quantitative estimate of drug-likeness (QED) is 0.224. The first-order valence-corrected chi connectivity index (χ1v) is 20.9. The highest BCUT2D eigenvalue weighted by molar-refractivity contribution is 7.91. The number of aromatic nitrogens is 1. The zero-order valence-corrected chi connectivity index (χ0v) is 33.7. The number of carbonyl (C=O) groups is 4. The number of pyridine rings is 1. The molecule has 0 unspecified atom stereocenters. The Morgan fingerprint density at radius 3 is 2.52 bits per heavy atom. The number of ether oxygens (including phenoxy) is 3. The number of hydrogen-bond donors (Lipinski definition) is 3. The van der Waals surface area contributed by atoms with Crippen molar-refractivity contribution in [1.29, 1.82) is 0 Å². The second-order valence-corrected chi connectivity index (χ2v) is 18.3. The largest absolute Gasteiger partial charge is 0.494 e. The van der Waals surface area contributed by atoms with Gasteiger partial charge in [-0.1, -0.05) is 32.4 Å². The Morgan fingerprint density at radius 1 is 1.14 bits per heavy atom. The standard InChI is InChI=1S/C39H49F4N5O9S/c1-6-37(14-15-37)58(53,54)47-34(51)38-20-24(38)12-10-8-7-9-11-22(2)30(45-35(52)57-36(3,4)39(41,42)43)33(50)48-21-25(18-28(48)31(49)46-38)56-32-26-19-27(40)29(55-5)17-23(26)13-16-44-32/h10,12-13,16-17,19,22,24-25,28,30H,6-9,11,14-15,18,20-21H2,1-5H3,(H,45,52)(H,46,49)(H,47,51)/b12-10-/t22-,24-,25-,28+,30+,38-/m1/s1. The summed E-state index contributed by atoms with van der Waals surface area (Å²) >= 11 is 0. The van der Waals surface area contributed by atoms with Crippen LogP contribution >= 0.6 is 0 Å². The molecule has 4 amide bonds. The first-order chi connectivity index (χ1) is 27.2. The van der Waals surface area contributed by atoms with Gasteiger partial charge in [0.2, 0.25) is 33.3 Å². The van der Waals surface area contributed by atoms with Crippen molar-refractivity contribution in [3.05, 3.63) is 42.4 Å². The minimum absolute atomic E-state index is 0.0236. The molecule has 0 radical (unpaired) electrons. The van der Waals surface area contributed by atoms with Crippen LogP contribution in [-0.2, 0) is 29.1 Å². The summed E-state index contributed by atoms with van der Waals surface area (Å²) in [6, 6.07) is 1.36. The van der Waals surface area contributed by atoms with Crippen LogP contribution in [0.3, 0.4) is 0 Å². The van der Waals surface area contributed by atoms with Crippen molar-refractivity contribution >= 4 is 44.6 Å². The lowest BCUT2D eigenvalue weighted by Gasteiger charge is -2.33. The Morgan fingerprint density at radius 2 is 1.86 bits per heavy atom. The van der Waals surface area contributed by atoms with Crippen LogP contribution in [0, 0.1) is 17.7 Å². The van der Waals surface area contributed by atoms with Crippen LogP contribution in [0.15, 0.2) is 36.5 Å². The zero-order chi connectivity index (χ0) is 42.4. The molecule has 318 valence electrons. The van der Waals surface area contributed by atoms with Crippen molar-refractivity contribution in [3.8, 4) is 11.6 Å². The van der Waals surface area contributed by atoms with Crippen LogP contribution in [0.2, 0.25) is 0 Å². The molecule has 4 aliphatic rings. The molecule has 2 aliphatic heterocycles. The van der Waals surface area contributed by atoms with E-state index < -0.39 is 91.7 Å². The molecule has 6 atom stereocenters. The fourth-order valence-corrected chi connectivity index (χ4v) is 9.38. The summed E-state index contributed by atoms with van der Waals surface area (Å²) in [6.45, 7) is 4.41. The molecule has 1 aromatic heterocycles. The lowest BCUT2D eigenvalue weighted by molar-refractivity contribution is -0.244. The normalized spacial score (nSPS) is 28.2. The predicted molar refractivity (Wildman–Crippen MR) is 201 cm³/mol. The minimum atomic E-state index is -4.93. The molecule has 58 heavy (non-hydrogen) atoms. The Labute approximate surface area is 333 Å². The van der Waals surface area contributed by atoms with Crippen LogP contribution in [0.1, 0.15) is 85.5 Å².